The molecular formula is C18H38O6. The molecule has 0 spiro atoms. The Hall–Kier alpha value is -0.240. The highest BCUT2D eigenvalue weighted by molar-refractivity contribution is 4.68. The smallest absolute Gasteiger partial charge is 0.185 e. The average Bonchev–Trinajstić information content (AvgIpc) is 2.58. The summed E-state index contributed by atoms with van der Waals surface area (Å²) < 4.78 is 16.0. The van der Waals surface area contributed by atoms with Gasteiger partial charge in [0.05, 0.1) is 19.3 Å². The van der Waals surface area contributed by atoms with Crippen molar-refractivity contribution in [2.45, 2.75) is 89.8 Å². The van der Waals surface area contributed by atoms with Gasteiger partial charge in [0.25, 0.3) is 0 Å². The molecule has 0 aromatic carbocycles. The van der Waals surface area contributed by atoms with E-state index in [4.69, 9.17) is 19.3 Å². The maximum absolute atomic E-state index is 9.75. The number of hydrogen-bond acceptors (Lipinski definition) is 6. The molecule has 0 aromatic heterocycles. The molecule has 0 aromatic rings. The van der Waals surface area contributed by atoms with Gasteiger partial charge in [0.2, 0.25) is 0 Å². The highest BCUT2D eigenvalue weighted by Gasteiger charge is 2.26. The van der Waals surface area contributed by atoms with Crippen molar-refractivity contribution in [3.63, 3.8) is 0 Å². The monoisotopic (exact) mass is 350 g/mol. The Morgan fingerprint density at radius 2 is 1.50 bits per heavy atom. The van der Waals surface area contributed by atoms with Crippen molar-refractivity contribution >= 4 is 0 Å². The molecule has 24 heavy (non-hydrogen) atoms. The highest BCUT2D eigenvalue weighted by atomic mass is 16.7. The van der Waals surface area contributed by atoms with Crippen LogP contribution in [0.5, 0.6) is 0 Å². The number of unbranched alkanes of at least 4 members (excludes halogenated alkanes) is 7. The Kier molecular flexibility index (Phi) is 16.1. The molecule has 0 aliphatic rings. The molecule has 0 radical (unpaired) electrons. The fourth-order valence-corrected chi connectivity index (χ4v) is 2.39. The summed E-state index contributed by atoms with van der Waals surface area (Å²) in [4.78, 5) is 0. The minimum absolute atomic E-state index is 0.228. The Morgan fingerprint density at radius 1 is 0.917 bits per heavy atom. The third kappa shape index (κ3) is 12.2. The van der Waals surface area contributed by atoms with Crippen molar-refractivity contribution in [1.29, 1.82) is 0 Å². The van der Waals surface area contributed by atoms with Gasteiger partial charge in [-0.1, -0.05) is 51.9 Å². The zero-order valence-electron chi connectivity index (χ0n) is 15.7. The molecule has 1 unspecified atom stereocenters. The van der Waals surface area contributed by atoms with Crippen LogP contribution in [-0.2, 0) is 14.2 Å². The van der Waals surface area contributed by atoms with Gasteiger partial charge in [-0.25, -0.2) is 0 Å². The van der Waals surface area contributed by atoms with Crippen molar-refractivity contribution in [3.8, 4) is 0 Å². The summed E-state index contributed by atoms with van der Waals surface area (Å²) in [5.74, 6) is 0. The van der Waals surface area contributed by atoms with E-state index in [-0.39, 0.29) is 6.61 Å². The summed E-state index contributed by atoms with van der Waals surface area (Å²) in [6.45, 7) is 4.21. The molecule has 0 amide bonds. The molecule has 6 heteroatoms. The van der Waals surface area contributed by atoms with Gasteiger partial charge >= 0.3 is 0 Å². The van der Waals surface area contributed by atoms with Crippen LogP contribution in [0.4, 0.5) is 0 Å². The van der Waals surface area contributed by atoms with Crippen LogP contribution >= 0.6 is 0 Å². The lowest BCUT2D eigenvalue weighted by molar-refractivity contribution is -0.232. The van der Waals surface area contributed by atoms with Crippen molar-refractivity contribution in [3.05, 3.63) is 0 Å². The topological polar surface area (TPSA) is 88.4 Å². The maximum atomic E-state index is 9.75. The predicted molar refractivity (Wildman–Crippen MR) is 93.9 cm³/mol. The van der Waals surface area contributed by atoms with Gasteiger partial charge in [-0.15, -0.1) is 0 Å². The minimum Gasteiger partial charge on any atom is -0.393 e. The summed E-state index contributed by atoms with van der Waals surface area (Å²) in [7, 11) is 1.38. The van der Waals surface area contributed by atoms with Gasteiger partial charge in [-0.05, 0) is 13.3 Å². The first kappa shape index (κ1) is 23.8. The summed E-state index contributed by atoms with van der Waals surface area (Å²) in [5, 5.41) is 28.3. The van der Waals surface area contributed by atoms with E-state index in [1.54, 1.807) is 6.92 Å². The van der Waals surface area contributed by atoms with Crippen molar-refractivity contribution in [2.24, 2.45) is 0 Å². The Bertz CT molecular complexity index is 262. The molecule has 0 aliphatic carbocycles. The van der Waals surface area contributed by atoms with Crippen LogP contribution in [0.2, 0.25) is 0 Å². The molecule has 0 bridgehead atoms. The van der Waals surface area contributed by atoms with Crippen LogP contribution in [0.25, 0.3) is 0 Å². The van der Waals surface area contributed by atoms with Crippen LogP contribution in [0.1, 0.15) is 65.2 Å². The molecule has 3 N–H and O–H groups in total. The molecule has 0 rings (SSSR count). The van der Waals surface area contributed by atoms with Gasteiger partial charge < -0.3 is 29.5 Å². The van der Waals surface area contributed by atoms with Gasteiger partial charge in [0.1, 0.15) is 12.2 Å². The lowest BCUT2D eigenvalue weighted by Gasteiger charge is -2.27. The minimum atomic E-state index is -1.15. The van der Waals surface area contributed by atoms with E-state index < -0.39 is 31.2 Å². The van der Waals surface area contributed by atoms with Crippen molar-refractivity contribution in [2.75, 3.05) is 26.9 Å². The first-order chi connectivity index (χ1) is 11.6. The Balaban J connectivity index is 3.78. The van der Waals surface area contributed by atoms with Gasteiger partial charge in [-0.2, -0.15) is 0 Å². The Labute approximate surface area is 147 Å². The van der Waals surface area contributed by atoms with Crippen LogP contribution < -0.4 is 0 Å². The largest absolute Gasteiger partial charge is 0.393 e. The molecule has 0 fully saturated rings. The van der Waals surface area contributed by atoms with E-state index in [1.165, 1.54) is 45.6 Å². The summed E-state index contributed by atoms with van der Waals surface area (Å²) in [5.41, 5.74) is 0. The number of rotatable bonds is 17. The quantitative estimate of drug-likeness (QED) is 0.275. The second kappa shape index (κ2) is 16.2. The lowest BCUT2D eigenvalue weighted by atomic mass is 10.1. The summed E-state index contributed by atoms with van der Waals surface area (Å²) in [6, 6.07) is 0. The Morgan fingerprint density at radius 3 is 2.00 bits per heavy atom. The summed E-state index contributed by atoms with van der Waals surface area (Å²) >= 11 is 0. The third-order valence-electron chi connectivity index (χ3n) is 4.00. The second-order valence-electron chi connectivity index (χ2n) is 6.32. The van der Waals surface area contributed by atoms with Crippen LogP contribution in [0.3, 0.4) is 0 Å². The highest BCUT2D eigenvalue weighted by Crippen LogP contribution is 2.11. The van der Waals surface area contributed by atoms with Gasteiger partial charge in [0, 0.05) is 13.7 Å². The van der Waals surface area contributed by atoms with E-state index in [0.29, 0.717) is 6.61 Å². The summed E-state index contributed by atoms with van der Waals surface area (Å²) in [6.07, 6.45) is 6.42. The SMILES string of the molecule is CCCCCCCCCCOCC(O[C@H](OC)[C@H](O)CO)[C@H](C)O. The van der Waals surface area contributed by atoms with E-state index in [9.17, 15) is 10.2 Å². The maximum Gasteiger partial charge on any atom is 0.185 e. The van der Waals surface area contributed by atoms with E-state index in [2.05, 4.69) is 6.92 Å². The van der Waals surface area contributed by atoms with Crippen molar-refractivity contribution in [1.82, 2.24) is 0 Å². The van der Waals surface area contributed by atoms with Crippen molar-refractivity contribution < 1.29 is 29.5 Å². The number of methoxy groups -OCH3 is 1. The molecule has 4 atom stereocenters. The molecule has 0 saturated heterocycles. The standard InChI is InChI=1S/C18H38O6/c1-4-5-6-7-8-9-10-11-12-23-14-17(15(2)20)24-18(22-3)16(21)13-19/h15-21H,4-14H2,1-3H3/t15-,16+,17?,18-/m0/s1. The number of aliphatic hydroxyl groups is 3. The fraction of sp³-hybridized carbons (Fsp3) is 1.00. The molecular weight excluding hydrogens is 312 g/mol. The predicted octanol–water partition coefficient (Wildman–Crippen LogP) is 2.24. The molecule has 0 heterocycles. The van der Waals surface area contributed by atoms with Crippen LogP contribution in [0.15, 0.2) is 0 Å². The lowest BCUT2D eigenvalue weighted by Crippen LogP contribution is -2.42. The molecule has 0 saturated carbocycles. The number of hydrogen-bond donors (Lipinski definition) is 3. The third-order valence-corrected chi connectivity index (χ3v) is 4.00. The first-order valence-corrected chi connectivity index (χ1v) is 9.29. The van der Waals surface area contributed by atoms with E-state index in [1.807, 2.05) is 0 Å². The zero-order valence-corrected chi connectivity index (χ0v) is 15.7. The molecule has 6 nitrogen and oxygen atoms in total. The number of aliphatic hydroxyl groups excluding tert-OH is 3. The normalized spacial score (nSPS) is 16.8. The second-order valence-corrected chi connectivity index (χ2v) is 6.32. The number of ether oxygens (including phenoxy) is 3. The van der Waals surface area contributed by atoms with E-state index in [0.717, 1.165) is 12.8 Å². The van der Waals surface area contributed by atoms with Gasteiger partial charge in [-0.3, -0.25) is 0 Å². The average molecular weight is 350 g/mol. The first-order valence-electron chi connectivity index (χ1n) is 9.29. The van der Waals surface area contributed by atoms with Crippen LogP contribution in [-0.4, -0.2) is 66.9 Å². The zero-order chi connectivity index (χ0) is 18.2. The fourth-order valence-electron chi connectivity index (χ4n) is 2.39. The van der Waals surface area contributed by atoms with Crippen LogP contribution in [0, 0.1) is 0 Å². The van der Waals surface area contributed by atoms with Gasteiger partial charge in [0.15, 0.2) is 6.29 Å². The molecule has 0 aliphatic heterocycles. The molecule has 146 valence electrons. The van der Waals surface area contributed by atoms with E-state index >= 15 is 0 Å².